The minimum atomic E-state index is -4.99. The molecule has 0 spiro atoms. The second-order valence-electron chi connectivity index (χ2n) is 4.37. The van der Waals surface area contributed by atoms with E-state index in [0.29, 0.717) is 0 Å². The predicted molar refractivity (Wildman–Crippen MR) is 67.6 cm³/mol. The topological polar surface area (TPSA) is 229 Å². The van der Waals surface area contributed by atoms with Gasteiger partial charge in [-0.3, -0.25) is 9.59 Å². The van der Waals surface area contributed by atoms with Gasteiger partial charge in [0.1, 0.15) is 37.1 Å². The average Bonchev–Trinajstić information content (AvgIpc) is 2.30. The molecule has 0 aromatic heterocycles. The van der Waals surface area contributed by atoms with Crippen LogP contribution in [0.25, 0.3) is 0 Å². The molecule has 0 aliphatic carbocycles. The lowest BCUT2D eigenvalue weighted by Crippen LogP contribution is -2.42. The Hall–Kier alpha value is -1.90. The van der Waals surface area contributed by atoms with E-state index in [9.17, 15) is 55.3 Å². The molecule has 0 amide bonds. The summed E-state index contributed by atoms with van der Waals surface area (Å²) in [6, 6.07) is 0. The Labute approximate surface area is 137 Å². The molecular weight excluding hydrogens is 376 g/mol. The Morgan fingerprint density at radius 1 is 0.792 bits per heavy atom. The highest BCUT2D eigenvalue weighted by Gasteiger charge is 2.21. The zero-order chi connectivity index (χ0) is 19.9. The number of hydrogen-bond donors (Lipinski definition) is 0. The third-order valence-corrected chi connectivity index (χ3v) is 4.49. The first-order valence-electron chi connectivity index (χ1n) is 5.80. The number of carboxylic acid groups (broad SMARTS) is 2. The van der Waals surface area contributed by atoms with Crippen LogP contribution in [0.4, 0.5) is 0 Å². The van der Waals surface area contributed by atoms with Gasteiger partial charge >= 0.3 is 0 Å². The van der Waals surface area contributed by atoms with Gasteiger partial charge in [0, 0.05) is 18.8 Å². The molecule has 0 aromatic rings. The van der Waals surface area contributed by atoms with E-state index in [1.807, 2.05) is 0 Å². The van der Waals surface area contributed by atoms with Crippen LogP contribution in [0.3, 0.4) is 0 Å². The molecule has 2 atom stereocenters. The third kappa shape index (κ3) is 10.8. The molecule has 0 rings (SSSR count). The molecule has 140 valence electrons. The van der Waals surface area contributed by atoms with E-state index in [2.05, 4.69) is 0 Å². The molecule has 12 nitrogen and oxygen atoms in total. The van der Waals surface area contributed by atoms with E-state index in [1.54, 1.807) is 0 Å². The summed E-state index contributed by atoms with van der Waals surface area (Å²) in [4.78, 5) is 40.7. The molecule has 0 bridgehead atoms. The fraction of sp³-hybridized carbons (Fsp3) is 0.600. The Kier molecular flexibility index (Phi) is 9.55. The zero-order valence-corrected chi connectivity index (χ0v) is 13.9. The van der Waals surface area contributed by atoms with Crippen molar-refractivity contribution in [3.63, 3.8) is 0 Å². The molecule has 0 heterocycles. The highest BCUT2D eigenvalue weighted by Crippen LogP contribution is 2.04. The van der Waals surface area contributed by atoms with Gasteiger partial charge < -0.3 is 28.9 Å². The van der Waals surface area contributed by atoms with Crippen molar-refractivity contribution in [2.75, 3.05) is 0 Å². The van der Waals surface area contributed by atoms with E-state index in [4.69, 9.17) is 0 Å². The van der Waals surface area contributed by atoms with Gasteiger partial charge in [-0.25, -0.2) is 16.8 Å². The molecule has 24 heavy (non-hydrogen) atoms. The summed E-state index contributed by atoms with van der Waals surface area (Å²) in [5, 5.41) is 15.6. The van der Waals surface area contributed by atoms with Crippen LogP contribution in [0.5, 0.6) is 0 Å². The molecule has 0 radical (unpaired) electrons. The Morgan fingerprint density at radius 3 is 1.25 bits per heavy atom. The van der Waals surface area contributed by atoms with Crippen molar-refractivity contribution in [1.82, 2.24) is 0 Å². The van der Waals surface area contributed by atoms with Crippen molar-refractivity contribution in [2.45, 2.75) is 37.2 Å². The van der Waals surface area contributed by atoms with Crippen molar-refractivity contribution >= 4 is 43.7 Å². The van der Waals surface area contributed by atoms with Crippen LogP contribution in [0.2, 0.25) is 0 Å². The summed E-state index contributed by atoms with van der Waals surface area (Å²) in [5.74, 6) is -5.47. The van der Waals surface area contributed by atoms with Crippen LogP contribution >= 0.6 is 0 Å². The Morgan fingerprint density at radius 2 is 1.17 bits per heavy atom. The second kappa shape index (κ2) is 9.41. The number of carbonyl (C=O) groups is 4. The summed E-state index contributed by atoms with van der Waals surface area (Å²) in [6.45, 7) is 1.82. The van der Waals surface area contributed by atoms with Gasteiger partial charge in [0.15, 0.2) is 0 Å². The van der Waals surface area contributed by atoms with Crippen molar-refractivity contribution in [3.05, 3.63) is 0 Å². The molecule has 0 saturated heterocycles. The van der Waals surface area contributed by atoms with Crippen molar-refractivity contribution in [2.24, 2.45) is 0 Å². The minimum Gasteiger partial charge on any atom is -0.747 e. The highest BCUT2D eigenvalue weighted by atomic mass is 32.2. The Bertz CT molecular complexity index is 640. The molecular formula is C10H12O12S2-4. The molecule has 2 unspecified atom stereocenters. The quantitative estimate of drug-likeness (QED) is 0.357. The first-order valence-corrected chi connectivity index (χ1v) is 8.74. The maximum Gasteiger partial charge on any atom is 0.147 e. The first-order chi connectivity index (χ1) is 10.5. The molecule has 0 fully saturated rings. The normalized spacial score (nSPS) is 13.8. The maximum atomic E-state index is 10.5. The Balaban J connectivity index is 0. The number of carboxylic acids is 2. The van der Waals surface area contributed by atoms with Crippen molar-refractivity contribution in [3.8, 4) is 0 Å². The second-order valence-corrected chi connectivity index (χ2v) is 7.48. The molecule has 0 N–H and O–H groups in total. The van der Waals surface area contributed by atoms with Gasteiger partial charge in [0.2, 0.25) is 0 Å². The van der Waals surface area contributed by atoms with Crippen molar-refractivity contribution < 1.29 is 55.3 Å². The van der Waals surface area contributed by atoms with Crippen LogP contribution in [-0.2, 0) is 39.4 Å². The summed E-state index contributed by atoms with van der Waals surface area (Å²) in [6.07, 6.45) is -1.92. The standard InChI is InChI=1S/2C5H8O6S/c1-3(6)4(2-5(7)8)12(9,10)11;1-3(6)2-4(5(7)8)12(9,10)11/h2*4H,2H2,1H3,(H,7,8)(H,9,10,11)/p-4. The van der Waals surface area contributed by atoms with Gasteiger partial charge in [0.25, 0.3) is 0 Å². The number of aliphatic carboxylic acids is 2. The van der Waals surface area contributed by atoms with Gasteiger partial charge in [-0.05, 0) is 13.8 Å². The highest BCUT2D eigenvalue weighted by molar-refractivity contribution is 7.87. The largest absolute Gasteiger partial charge is 0.747 e. The fourth-order valence-electron chi connectivity index (χ4n) is 1.16. The van der Waals surface area contributed by atoms with Crippen LogP contribution < -0.4 is 10.2 Å². The lowest BCUT2D eigenvalue weighted by Gasteiger charge is -2.19. The summed E-state index contributed by atoms with van der Waals surface area (Å²) >= 11 is 0. The van der Waals surface area contributed by atoms with Gasteiger partial charge in [-0.2, -0.15) is 0 Å². The van der Waals surface area contributed by atoms with Crippen LogP contribution in [0.1, 0.15) is 26.7 Å². The zero-order valence-electron chi connectivity index (χ0n) is 12.3. The lowest BCUT2D eigenvalue weighted by atomic mass is 10.2. The molecule has 0 saturated carbocycles. The predicted octanol–water partition coefficient (Wildman–Crippen LogP) is -4.74. The average molecular weight is 388 g/mol. The number of hydrogen-bond acceptors (Lipinski definition) is 12. The molecule has 0 aliphatic rings. The number of ketones is 2. The van der Waals surface area contributed by atoms with Crippen molar-refractivity contribution in [1.29, 1.82) is 0 Å². The fourth-order valence-corrected chi connectivity index (χ4v) is 2.59. The minimum absolute atomic E-state index is 0.691. The van der Waals surface area contributed by atoms with E-state index >= 15 is 0 Å². The summed E-state index contributed by atoms with van der Waals surface area (Å²) < 4.78 is 61.3. The number of Topliss-reactive ketones (excluding diaryl/α,β-unsaturated/α-hetero) is 2. The maximum absolute atomic E-state index is 10.5. The van der Waals surface area contributed by atoms with E-state index < -0.39 is 67.1 Å². The van der Waals surface area contributed by atoms with Gasteiger partial charge in [-0.15, -0.1) is 0 Å². The first kappa shape index (κ1) is 24.4. The van der Waals surface area contributed by atoms with Crippen LogP contribution in [-0.4, -0.2) is 59.9 Å². The van der Waals surface area contributed by atoms with E-state index in [1.165, 1.54) is 0 Å². The summed E-state index contributed by atoms with van der Waals surface area (Å²) in [7, 11) is -9.87. The van der Waals surface area contributed by atoms with Gasteiger partial charge in [-0.1, -0.05) is 0 Å². The van der Waals surface area contributed by atoms with E-state index in [0.717, 1.165) is 13.8 Å². The monoisotopic (exact) mass is 388 g/mol. The van der Waals surface area contributed by atoms with Crippen LogP contribution in [0, 0.1) is 0 Å². The SMILES string of the molecule is CC(=O)C(CC(=O)[O-])S(=O)(=O)[O-].CC(=O)CC(C(=O)[O-])S(=O)(=O)[O-]. The molecule has 14 heteroatoms. The number of carbonyl (C=O) groups excluding carboxylic acids is 4. The summed E-state index contributed by atoms with van der Waals surface area (Å²) in [5.41, 5.74) is 0. The number of rotatable bonds is 8. The lowest BCUT2D eigenvalue weighted by molar-refractivity contribution is -0.306. The third-order valence-electron chi connectivity index (χ3n) is 2.24. The van der Waals surface area contributed by atoms with Crippen LogP contribution in [0.15, 0.2) is 0 Å². The molecule has 0 aromatic carbocycles. The van der Waals surface area contributed by atoms with E-state index in [-0.39, 0.29) is 0 Å². The smallest absolute Gasteiger partial charge is 0.147 e. The van der Waals surface area contributed by atoms with Gasteiger partial charge in [0.05, 0.1) is 11.2 Å². The molecule has 0 aliphatic heterocycles.